The lowest BCUT2D eigenvalue weighted by atomic mass is 9.84. The molecule has 0 bridgehead atoms. The number of rotatable bonds is 1. The quantitative estimate of drug-likeness (QED) is 0.854. The number of halogens is 1. The first-order valence-corrected chi connectivity index (χ1v) is 7.05. The summed E-state index contributed by atoms with van der Waals surface area (Å²) in [6.45, 7) is 4.83. The Labute approximate surface area is 118 Å². The molecule has 4 heteroatoms. The van der Waals surface area contributed by atoms with Crippen LogP contribution in [0.15, 0.2) is 35.9 Å². The van der Waals surface area contributed by atoms with Crippen molar-refractivity contribution in [3.8, 4) is 0 Å². The van der Waals surface area contributed by atoms with Crippen molar-refractivity contribution in [1.29, 1.82) is 0 Å². The monoisotopic (exact) mass is 274 g/mol. The highest BCUT2D eigenvalue weighted by atomic mass is 19.1. The largest absolute Gasteiger partial charge is 0.314 e. The third kappa shape index (κ3) is 2.04. The van der Waals surface area contributed by atoms with Gasteiger partial charge in [-0.15, -0.1) is 0 Å². The molecule has 0 radical (unpaired) electrons. The lowest BCUT2D eigenvalue weighted by molar-refractivity contribution is -0.115. The Hall–Kier alpha value is -1.68. The normalized spacial score (nSPS) is 29.9. The van der Waals surface area contributed by atoms with Crippen molar-refractivity contribution in [3.05, 3.63) is 41.7 Å². The van der Waals surface area contributed by atoms with Crippen LogP contribution < -0.4 is 10.2 Å². The molecule has 20 heavy (non-hydrogen) atoms. The van der Waals surface area contributed by atoms with Gasteiger partial charge in [0.2, 0.25) is 0 Å². The van der Waals surface area contributed by atoms with Gasteiger partial charge in [-0.05, 0) is 51.4 Å². The Bertz CT molecular complexity index is 584. The van der Waals surface area contributed by atoms with Gasteiger partial charge in [0.15, 0.2) is 0 Å². The molecule has 3 nitrogen and oxygen atoms in total. The molecular formula is C16H19FN2O. The van der Waals surface area contributed by atoms with E-state index in [-0.39, 0.29) is 17.3 Å². The van der Waals surface area contributed by atoms with E-state index in [4.69, 9.17) is 0 Å². The standard InChI is InChI=1S/C16H19FN2O/c1-11-9-16(6-7-18-12(2)10-16)19(15(11)20)14-5-3-4-13(17)8-14/h3-5,8-9,12,18H,6-7,10H2,1-2H3/t12-,16-/m0/s1. The van der Waals surface area contributed by atoms with Crippen LogP contribution in [0.4, 0.5) is 10.1 Å². The first-order valence-electron chi connectivity index (χ1n) is 7.05. The number of benzene rings is 1. The number of piperidine rings is 1. The SMILES string of the molecule is CC1=C[C@]2(CCN[C@@H](C)C2)N(c2cccc(F)c2)C1=O. The third-order valence-corrected chi connectivity index (χ3v) is 4.25. The zero-order chi connectivity index (χ0) is 14.3. The molecule has 1 fully saturated rings. The van der Waals surface area contributed by atoms with Crippen molar-refractivity contribution in [1.82, 2.24) is 5.32 Å². The summed E-state index contributed by atoms with van der Waals surface area (Å²) in [6, 6.07) is 6.65. The van der Waals surface area contributed by atoms with Crippen LogP contribution in [-0.2, 0) is 4.79 Å². The summed E-state index contributed by atoms with van der Waals surface area (Å²) in [4.78, 5) is 14.3. The van der Waals surface area contributed by atoms with Crippen molar-refractivity contribution < 1.29 is 9.18 Å². The van der Waals surface area contributed by atoms with Crippen molar-refractivity contribution >= 4 is 11.6 Å². The van der Waals surface area contributed by atoms with Crippen LogP contribution in [0.3, 0.4) is 0 Å². The van der Waals surface area contributed by atoms with Crippen LogP contribution in [-0.4, -0.2) is 24.0 Å². The Kier molecular flexibility index (Phi) is 3.13. The van der Waals surface area contributed by atoms with Crippen LogP contribution in [0, 0.1) is 5.82 Å². The Balaban J connectivity index is 2.05. The number of carbonyl (C=O) groups is 1. The minimum Gasteiger partial charge on any atom is -0.314 e. The fourth-order valence-electron chi connectivity index (χ4n) is 3.47. The molecule has 1 saturated heterocycles. The number of hydrogen-bond donors (Lipinski definition) is 1. The lowest BCUT2D eigenvalue weighted by Crippen LogP contribution is -2.55. The zero-order valence-corrected chi connectivity index (χ0v) is 11.8. The molecule has 2 atom stereocenters. The van der Waals surface area contributed by atoms with E-state index < -0.39 is 0 Å². The van der Waals surface area contributed by atoms with Gasteiger partial charge in [-0.1, -0.05) is 12.1 Å². The Morgan fingerprint density at radius 1 is 1.45 bits per heavy atom. The molecule has 1 aromatic rings. The molecule has 0 saturated carbocycles. The molecule has 0 aromatic heterocycles. The predicted molar refractivity (Wildman–Crippen MR) is 77.1 cm³/mol. The summed E-state index contributed by atoms with van der Waals surface area (Å²) >= 11 is 0. The Morgan fingerprint density at radius 3 is 2.95 bits per heavy atom. The maximum absolute atomic E-state index is 13.5. The van der Waals surface area contributed by atoms with Crippen molar-refractivity contribution in [3.63, 3.8) is 0 Å². The number of hydrogen-bond acceptors (Lipinski definition) is 2. The van der Waals surface area contributed by atoms with E-state index in [1.807, 2.05) is 13.0 Å². The number of nitrogens with one attached hydrogen (secondary N) is 1. The van der Waals surface area contributed by atoms with Crippen LogP contribution in [0.2, 0.25) is 0 Å². The first-order chi connectivity index (χ1) is 9.52. The third-order valence-electron chi connectivity index (χ3n) is 4.25. The van der Waals surface area contributed by atoms with E-state index in [0.717, 1.165) is 25.0 Å². The van der Waals surface area contributed by atoms with E-state index >= 15 is 0 Å². The van der Waals surface area contributed by atoms with Crippen LogP contribution in [0.5, 0.6) is 0 Å². The summed E-state index contributed by atoms with van der Waals surface area (Å²) in [5.41, 5.74) is 1.10. The van der Waals surface area contributed by atoms with E-state index in [2.05, 4.69) is 18.3 Å². The fraction of sp³-hybridized carbons (Fsp3) is 0.438. The summed E-state index contributed by atoms with van der Waals surface area (Å²) in [6.07, 6.45) is 3.78. The highest BCUT2D eigenvalue weighted by molar-refractivity contribution is 6.09. The topological polar surface area (TPSA) is 32.3 Å². The fourth-order valence-corrected chi connectivity index (χ4v) is 3.47. The minimum atomic E-state index is -0.308. The van der Waals surface area contributed by atoms with E-state index in [0.29, 0.717) is 11.7 Å². The van der Waals surface area contributed by atoms with E-state index in [1.54, 1.807) is 11.0 Å². The molecule has 1 spiro atoms. The highest BCUT2D eigenvalue weighted by Gasteiger charge is 2.46. The summed E-state index contributed by atoms with van der Waals surface area (Å²) in [5.74, 6) is -0.318. The smallest absolute Gasteiger partial charge is 0.254 e. The van der Waals surface area contributed by atoms with Crippen LogP contribution in [0.25, 0.3) is 0 Å². The molecule has 1 amide bonds. The molecule has 0 unspecified atom stereocenters. The zero-order valence-electron chi connectivity index (χ0n) is 11.8. The summed E-state index contributed by atoms with van der Waals surface area (Å²) in [5, 5.41) is 3.40. The van der Waals surface area contributed by atoms with Gasteiger partial charge in [-0.3, -0.25) is 9.69 Å². The maximum Gasteiger partial charge on any atom is 0.254 e. The van der Waals surface area contributed by atoms with E-state index in [1.165, 1.54) is 12.1 Å². The van der Waals surface area contributed by atoms with Gasteiger partial charge in [-0.2, -0.15) is 0 Å². The van der Waals surface area contributed by atoms with Gasteiger partial charge in [0, 0.05) is 17.3 Å². The van der Waals surface area contributed by atoms with Gasteiger partial charge >= 0.3 is 0 Å². The first kappa shape index (κ1) is 13.3. The molecule has 2 heterocycles. The van der Waals surface area contributed by atoms with Gasteiger partial charge in [0.1, 0.15) is 5.82 Å². The van der Waals surface area contributed by atoms with Crippen molar-refractivity contribution in [2.75, 3.05) is 11.4 Å². The molecular weight excluding hydrogens is 255 g/mol. The second-order valence-electron chi connectivity index (χ2n) is 5.86. The molecule has 3 rings (SSSR count). The van der Waals surface area contributed by atoms with Gasteiger partial charge in [-0.25, -0.2) is 4.39 Å². The molecule has 106 valence electrons. The van der Waals surface area contributed by atoms with E-state index in [9.17, 15) is 9.18 Å². The van der Waals surface area contributed by atoms with Gasteiger partial charge in [0.25, 0.3) is 5.91 Å². The predicted octanol–water partition coefficient (Wildman–Crippen LogP) is 2.63. The number of carbonyl (C=O) groups excluding carboxylic acids is 1. The lowest BCUT2D eigenvalue weighted by Gasteiger charge is -2.43. The second-order valence-corrected chi connectivity index (χ2v) is 5.86. The number of anilines is 1. The highest BCUT2D eigenvalue weighted by Crippen LogP contribution is 2.40. The molecule has 1 N–H and O–H groups in total. The van der Waals surface area contributed by atoms with Gasteiger partial charge < -0.3 is 5.32 Å². The summed E-state index contributed by atoms with van der Waals surface area (Å²) < 4.78 is 13.5. The Morgan fingerprint density at radius 2 is 2.25 bits per heavy atom. The van der Waals surface area contributed by atoms with Gasteiger partial charge in [0.05, 0.1) is 5.54 Å². The number of amides is 1. The molecule has 1 aromatic carbocycles. The summed E-state index contributed by atoms with van der Waals surface area (Å²) in [7, 11) is 0. The van der Waals surface area contributed by atoms with Crippen LogP contribution in [0.1, 0.15) is 26.7 Å². The maximum atomic E-state index is 13.5. The minimum absolute atomic E-state index is 0.00954. The molecule has 2 aliphatic rings. The van der Waals surface area contributed by atoms with Crippen molar-refractivity contribution in [2.45, 2.75) is 38.3 Å². The van der Waals surface area contributed by atoms with Crippen LogP contribution >= 0.6 is 0 Å². The second kappa shape index (κ2) is 4.70. The van der Waals surface area contributed by atoms with Crippen molar-refractivity contribution in [2.24, 2.45) is 0 Å². The average molecular weight is 274 g/mol. The average Bonchev–Trinajstić information content (AvgIpc) is 2.60. The molecule has 0 aliphatic carbocycles. The number of nitrogens with zero attached hydrogens (tertiary/aromatic N) is 1. The molecule has 2 aliphatic heterocycles.